The lowest BCUT2D eigenvalue weighted by Gasteiger charge is -2.33. The van der Waals surface area contributed by atoms with E-state index in [9.17, 15) is 0 Å². The number of hydrogen-bond acceptors (Lipinski definition) is 3. The lowest BCUT2D eigenvalue weighted by atomic mass is 9.94. The van der Waals surface area contributed by atoms with E-state index in [1.807, 2.05) is 12.1 Å². The van der Waals surface area contributed by atoms with E-state index in [4.69, 9.17) is 9.47 Å². The van der Waals surface area contributed by atoms with Crippen LogP contribution in [0, 0.1) is 0 Å². The van der Waals surface area contributed by atoms with Crippen LogP contribution in [-0.2, 0) is 18.3 Å². The van der Waals surface area contributed by atoms with Crippen molar-refractivity contribution in [2.75, 3.05) is 21.2 Å². The highest BCUT2D eigenvalue weighted by molar-refractivity contribution is 7.48. The van der Waals surface area contributed by atoms with Crippen molar-refractivity contribution in [2.45, 2.75) is 45.0 Å². The molecule has 170 valence electrons. The number of rotatable bonds is 11. The molecule has 0 amide bonds. The van der Waals surface area contributed by atoms with Crippen LogP contribution in [0.4, 0.5) is 0 Å². The van der Waals surface area contributed by atoms with Crippen LogP contribution < -0.4 is 14.8 Å². The molecule has 4 heteroatoms. The van der Waals surface area contributed by atoms with Crippen LogP contribution in [0.3, 0.4) is 0 Å². The van der Waals surface area contributed by atoms with E-state index >= 15 is 0 Å². The summed E-state index contributed by atoms with van der Waals surface area (Å²) in [5.74, 6) is 1.82. The molecule has 0 radical (unpaired) electrons. The average Bonchev–Trinajstić information content (AvgIpc) is 2.79. The maximum Gasteiger partial charge on any atom is 0.124 e. The van der Waals surface area contributed by atoms with Crippen molar-refractivity contribution in [3.8, 4) is 11.5 Å². The monoisotopic (exact) mass is 449 g/mol. The fourth-order valence-electron chi connectivity index (χ4n) is 4.11. The fraction of sp³-hybridized carbons (Fsp3) is 0.357. The summed E-state index contributed by atoms with van der Waals surface area (Å²) in [7, 11) is 6.62. The molecule has 0 bridgehead atoms. The van der Waals surface area contributed by atoms with Gasteiger partial charge in [0.2, 0.25) is 0 Å². The van der Waals surface area contributed by atoms with Crippen molar-refractivity contribution in [3.63, 3.8) is 0 Å². The zero-order valence-corrected chi connectivity index (χ0v) is 21.0. The molecule has 0 N–H and O–H groups in total. The second kappa shape index (κ2) is 11.5. The molecule has 0 fully saturated rings. The predicted octanol–water partition coefficient (Wildman–Crippen LogP) is 6.36. The Hall–Kier alpha value is -2.35. The van der Waals surface area contributed by atoms with Gasteiger partial charge in [-0.15, -0.1) is 0 Å². The molecule has 3 rings (SSSR count). The van der Waals surface area contributed by atoms with Crippen molar-refractivity contribution in [1.82, 2.24) is 4.90 Å². The van der Waals surface area contributed by atoms with E-state index in [1.165, 1.54) is 22.0 Å². The van der Waals surface area contributed by atoms with Gasteiger partial charge in [0.05, 0.1) is 7.11 Å². The van der Waals surface area contributed by atoms with Gasteiger partial charge in [-0.2, -0.15) is 0 Å². The Kier molecular flexibility index (Phi) is 8.73. The summed E-state index contributed by atoms with van der Waals surface area (Å²) in [4.78, 5) is 2.24. The highest BCUT2D eigenvalue weighted by atomic mass is 31.1. The first-order valence-electron chi connectivity index (χ1n) is 11.3. The third-order valence-electron chi connectivity index (χ3n) is 5.68. The highest BCUT2D eigenvalue weighted by Crippen LogP contribution is 2.49. The zero-order valence-electron chi connectivity index (χ0n) is 20.0. The van der Waals surface area contributed by atoms with Crippen molar-refractivity contribution >= 4 is 13.9 Å². The molecule has 0 spiro atoms. The van der Waals surface area contributed by atoms with Gasteiger partial charge in [0.15, 0.2) is 0 Å². The van der Waals surface area contributed by atoms with E-state index in [2.05, 4.69) is 93.5 Å². The van der Waals surface area contributed by atoms with E-state index in [-0.39, 0.29) is 5.16 Å². The van der Waals surface area contributed by atoms with Crippen molar-refractivity contribution < 1.29 is 9.47 Å². The summed E-state index contributed by atoms with van der Waals surface area (Å²) >= 11 is 0. The van der Waals surface area contributed by atoms with Crippen LogP contribution >= 0.6 is 8.58 Å². The SMILES string of the molecule is CCCC(C)(Pc1ccccc1CN(C)C)c1cc(OC)ccc1OCc1ccccc1. The largest absolute Gasteiger partial charge is 0.497 e. The van der Waals surface area contributed by atoms with Gasteiger partial charge in [0.25, 0.3) is 0 Å². The number of benzene rings is 3. The summed E-state index contributed by atoms with van der Waals surface area (Å²) in [5, 5.41) is 1.38. The topological polar surface area (TPSA) is 21.7 Å². The van der Waals surface area contributed by atoms with Crippen LogP contribution in [0.2, 0.25) is 0 Å². The second-order valence-electron chi connectivity index (χ2n) is 8.74. The van der Waals surface area contributed by atoms with Crippen molar-refractivity contribution in [3.05, 3.63) is 89.5 Å². The maximum absolute atomic E-state index is 6.39. The van der Waals surface area contributed by atoms with Crippen molar-refractivity contribution in [1.29, 1.82) is 0 Å². The summed E-state index contributed by atoms with van der Waals surface area (Å²) in [5.41, 5.74) is 3.80. The minimum absolute atomic E-state index is 0.0439. The average molecular weight is 450 g/mol. The van der Waals surface area contributed by atoms with E-state index in [0.717, 1.165) is 30.9 Å². The molecule has 0 aliphatic carbocycles. The zero-order chi connectivity index (χ0) is 23.0. The standard InChI is InChI=1S/C28H36NO2P/c1-6-18-28(2,32-27-15-11-10-14-23(27)20-29(3)4)25-19-24(30-5)16-17-26(25)31-21-22-12-8-7-9-13-22/h7-17,19,32H,6,18,20-21H2,1-5H3. The molecule has 0 heterocycles. The lowest BCUT2D eigenvalue weighted by Crippen LogP contribution is -2.23. The minimum atomic E-state index is -0.0439. The highest BCUT2D eigenvalue weighted by Gasteiger charge is 2.31. The molecule has 3 aromatic carbocycles. The summed E-state index contributed by atoms with van der Waals surface area (Å²) in [6.45, 7) is 6.15. The number of ether oxygens (including phenoxy) is 2. The Morgan fingerprint density at radius 1 is 0.938 bits per heavy atom. The molecule has 3 nitrogen and oxygen atoms in total. The van der Waals surface area contributed by atoms with E-state index in [0.29, 0.717) is 15.2 Å². The van der Waals surface area contributed by atoms with Gasteiger partial charge in [-0.1, -0.05) is 83.4 Å². The lowest BCUT2D eigenvalue weighted by molar-refractivity contribution is 0.298. The Morgan fingerprint density at radius 2 is 1.66 bits per heavy atom. The molecule has 0 aliphatic rings. The Bertz CT molecular complexity index is 990. The van der Waals surface area contributed by atoms with Crippen LogP contribution in [-0.4, -0.2) is 26.1 Å². The van der Waals surface area contributed by atoms with Crippen LogP contribution in [0.5, 0.6) is 11.5 Å². The van der Waals surface area contributed by atoms with Gasteiger partial charge in [-0.3, -0.25) is 0 Å². The van der Waals surface area contributed by atoms with Crippen LogP contribution in [0.1, 0.15) is 43.4 Å². The molecule has 0 aromatic heterocycles. The second-order valence-corrected chi connectivity index (χ2v) is 10.6. The van der Waals surface area contributed by atoms with Gasteiger partial charge in [0.1, 0.15) is 18.1 Å². The summed E-state index contributed by atoms with van der Waals surface area (Å²) < 4.78 is 12.0. The van der Waals surface area contributed by atoms with Crippen molar-refractivity contribution in [2.24, 2.45) is 0 Å². The molecule has 0 aliphatic heterocycles. The van der Waals surface area contributed by atoms with Gasteiger partial charge < -0.3 is 14.4 Å². The quantitative estimate of drug-likeness (QED) is 0.318. The van der Waals surface area contributed by atoms with E-state index in [1.54, 1.807) is 7.11 Å². The molecule has 0 saturated carbocycles. The van der Waals surface area contributed by atoms with Gasteiger partial charge in [-0.05, 0) is 55.1 Å². The molecule has 3 aromatic rings. The molecular formula is C28H36NO2P. The Morgan fingerprint density at radius 3 is 2.34 bits per heavy atom. The van der Waals surface area contributed by atoms with E-state index < -0.39 is 0 Å². The first-order chi connectivity index (χ1) is 15.4. The van der Waals surface area contributed by atoms with Crippen LogP contribution in [0.15, 0.2) is 72.8 Å². The Balaban J connectivity index is 1.98. The van der Waals surface area contributed by atoms with Crippen LogP contribution in [0.25, 0.3) is 0 Å². The first kappa shape index (κ1) is 24.3. The summed E-state index contributed by atoms with van der Waals surface area (Å²) in [6.07, 6.45) is 2.19. The Labute approximate surface area is 195 Å². The summed E-state index contributed by atoms with van der Waals surface area (Å²) in [6, 6.07) is 25.4. The maximum atomic E-state index is 6.39. The fourth-order valence-corrected chi connectivity index (χ4v) is 5.91. The van der Waals surface area contributed by atoms with Gasteiger partial charge in [-0.25, -0.2) is 0 Å². The molecular weight excluding hydrogens is 413 g/mol. The molecule has 32 heavy (non-hydrogen) atoms. The normalized spacial score (nSPS) is 13.4. The smallest absolute Gasteiger partial charge is 0.124 e. The third-order valence-corrected chi connectivity index (χ3v) is 7.51. The number of hydrogen-bond donors (Lipinski definition) is 0. The molecule has 2 unspecified atom stereocenters. The predicted molar refractivity (Wildman–Crippen MR) is 138 cm³/mol. The minimum Gasteiger partial charge on any atom is -0.497 e. The molecule has 0 saturated heterocycles. The third kappa shape index (κ3) is 6.34. The first-order valence-corrected chi connectivity index (χ1v) is 12.3. The number of methoxy groups -OCH3 is 1. The van der Waals surface area contributed by atoms with Gasteiger partial charge in [0, 0.05) is 17.3 Å². The number of nitrogens with zero attached hydrogens (tertiary/aromatic N) is 1. The van der Waals surface area contributed by atoms with Gasteiger partial charge >= 0.3 is 0 Å². The molecule has 2 atom stereocenters.